The molecule has 0 aliphatic heterocycles. The van der Waals surface area contributed by atoms with Gasteiger partial charge in [0.05, 0.1) is 6.10 Å². The normalized spacial score (nSPS) is 14.1. The summed E-state index contributed by atoms with van der Waals surface area (Å²) >= 11 is 0. The van der Waals surface area contributed by atoms with Gasteiger partial charge >= 0.3 is 0 Å². The summed E-state index contributed by atoms with van der Waals surface area (Å²) in [5.74, 6) is 0.609. The predicted octanol–water partition coefficient (Wildman–Crippen LogP) is 2.03. The Morgan fingerprint density at radius 1 is 1.43 bits per heavy atom. The predicted molar refractivity (Wildman–Crippen MR) is 52.8 cm³/mol. The first-order valence-corrected chi connectivity index (χ1v) is 4.48. The first kappa shape index (κ1) is 10.6. The van der Waals surface area contributed by atoms with E-state index in [1.807, 2.05) is 12.1 Å². The standard InChI is InChI=1S/C11H13NO2/c1-8(7-12)14-11-5-3-4-10(6-11)9(2)13/h3-6,8-9,13H,1-2H3/t8?,9-/m0/s1. The maximum Gasteiger partial charge on any atom is 0.181 e. The molecule has 1 aromatic rings. The Labute approximate surface area is 83.6 Å². The van der Waals surface area contributed by atoms with Crippen LogP contribution >= 0.6 is 0 Å². The molecule has 1 rings (SSSR count). The van der Waals surface area contributed by atoms with Gasteiger partial charge in [-0.15, -0.1) is 0 Å². The minimum atomic E-state index is -0.518. The highest BCUT2D eigenvalue weighted by molar-refractivity contribution is 5.30. The Morgan fingerprint density at radius 2 is 2.14 bits per heavy atom. The van der Waals surface area contributed by atoms with Crippen molar-refractivity contribution in [2.75, 3.05) is 0 Å². The lowest BCUT2D eigenvalue weighted by atomic mass is 10.1. The third-order valence-electron chi connectivity index (χ3n) is 1.84. The van der Waals surface area contributed by atoms with Gasteiger partial charge in [-0.2, -0.15) is 5.26 Å². The van der Waals surface area contributed by atoms with Crippen molar-refractivity contribution in [3.63, 3.8) is 0 Å². The second-order valence-electron chi connectivity index (χ2n) is 3.14. The molecule has 0 saturated heterocycles. The number of rotatable bonds is 3. The van der Waals surface area contributed by atoms with Crippen LogP contribution in [0.15, 0.2) is 24.3 Å². The Kier molecular flexibility index (Phi) is 3.49. The second-order valence-corrected chi connectivity index (χ2v) is 3.14. The zero-order chi connectivity index (χ0) is 10.6. The molecule has 0 aromatic heterocycles. The van der Waals surface area contributed by atoms with Gasteiger partial charge in [-0.1, -0.05) is 12.1 Å². The molecule has 74 valence electrons. The van der Waals surface area contributed by atoms with E-state index in [-0.39, 0.29) is 0 Å². The average molecular weight is 191 g/mol. The highest BCUT2D eigenvalue weighted by Gasteiger charge is 2.04. The molecular formula is C11H13NO2. The molecule has 0 radical (unpaired) electrons. The topological polar surface area (TPSA) is 53.2 Å². The van der Waals surface area contributed by atoms with Crippen molar-refractivity contribution < 1.29 is 9.84 Å². The van der Waals surface area contributed by atoms with Crippen LogP contribution in [0, 0.1) is 11.3 Å². The molecule has 1 N–H and O–H groups in total. The van der Waals surface area contributed by atoms with Gasteiger partial charge in [0.25, 0.3) is 0 Å². The van der Waals surface area contributed by atoms with E-state index in [1.54, 1.807) is 32.0 Å². The summed E-state index contributed by atoms with van der Waals surface area (Å²) in [5, 5.41) is 17.9. The van der Waals surface area contributed by atoms with Crippen molar-refractivity contribution in [2.45, 2.75) is 26.1 Å². The lowest BCUT2D eigenvalue weighted by Gasteiger charge is -2.10. The van der Waals surface area contributed by atoms with Crippen molar-refractivity contribution in [3.8, 4) is 11.8 Å². The summed E-state index contributed by atoms with van der Waals surface area (Å²) < 4.78 is 5.28. The number of benzene rings is 1. The van der Waals surface area contributed by atoms with E-state index in [4.69, 9.17) is 10.00 Å². The molecule has 0 saturated carbocycles. The zero-order valence-corrected chi connectivity index (χ0v) is 8.27. The number of aliphatic hydroxyl groups excluding tert-OH is 1. The third-order valence-corrected chi connectivity index (χ3v) is 1.84. The van der Waals surface area contributed by atoms with E-state index in [0.29, 0.717) is 5.75 Å². The molecule has 0 aliphatic carbocycles. The van der Waals surface area contributed by atoms with Crippen LogP contribution in [0.5, 0.6) is 5.75 Å². The van der Waals surface area contributed by atoms with E-state index < -0.39 is 12.2 Å². The number of nitrogens with zero attached hydrogens (tertiary/aromatic N) is 1. The van der Waals surface area contributed by atoms with Crippen molar-refractivity contribution in [3.05, 3.63) is 29.8 Å². The monoisotopic (exact) mass is 191 g/mol. The molecule has 14 heavy (non-hydrogen) atoms. The molecule has 1 unspecified atom stereocenters. The average Bonchev–Trinajstić information content (AvgIpc) is 2.18. The number of hydrogen-bond acceptors (Lipinski definition) is 3. The zero-order valence-electron chi connectivity index (χ0n) is 8.27. The van der Waals surface area contributed by atoms with Gasteiger partial charge in [0, 0.05) is 0 Å². The van der Waals surface area contributed by atoms with Crippen LogP contribution in [-0.2, 0) is 0 Å². The number of hydrogen-bond donors (Lipinski definition) is 1. The largest absolute Gasteiger partial charge is 0.476 e. The summed E-state index contributed by atoms with van der Waals surface area (Å²) in [6, 6.07) is 9.08. The van der Waals surface area contributed by atoms with Crippen LogP contribution in [-0.4, -0.2) is 11.2 Å². The van der Waals surface area contributed by atoms with Crippen LogP contribution in [0.3, 0.4) is 0 Å². The first-order chi connectivity index (χ1) is 6.63. The fourth-order valence-corrected chi connectivity index (χ4v) is 1.08. The quantitative estimate of drug-likeness (QED) is 0.795. The minimum Gasteiger partial charge on any atom is -0.476 e. The van der Waals surface area contributed by atoms with Crippen LogP contribution in [0.25, 0.3) is 0 Å². The summed E-state index contributed by atoms with van der Waals surface area (Å²) in [7, 11) is 0. The van der Waals surface area contributed by atoms with Gasteiger partial charge < -0.3 is 9.84 Å². The van der Waals surface area contributed by atoms with Crippen molar-refractivity contribution >= 4 is 0 Å². The third kappa shape index (κ3) is 2.75. The molecule has 0 bridgehead atoms. The van der Waals surface area contributed by atoms with Crippen LogP contribution in [0.2, 0.25) is 0 Å². The van der Waals surface area contributed by atoms with Crippen molar-refractivity contribution in [1.82, 2.24) is 0 Å². The molecule has 0 spiro atoms. The maximum atomic E-state index is 9.32. The van der Waals surface area contributed by atoms with E-state index >= 15 is 0 Å². The molecule has 1 aromatic carbocycles. The van der Waals surface area contributed by atoms with Gasteiger partial charge in [-0.05, 0) is 31.5 Å². The Morgan fingerprint density at radius 3 is 2.71 bits per heavy atom. The van der Waals surface area contributed by atoms with E-state index in [1.165, 1.54) is 0 Å². The van der Waals surface area contributed by atoms with E-state index in [0.717, 1.165) is 5.56 Å². The van der Waals surface area contributed by atoms with E-state index in [2.05, 4.69) is 0 Å². The van der Waals surface area contributed by atoms with Crippen molar-refractivity contribution in [2.24, 2.45) is 0 Å². The molecule has 2 atom stereocenters. The maximum absolute atomic E-state index is 9.32. The smallest absolute Gasteiger partial charge is 0.181 e. The molecule has 0 amide bonds. The van der Waals surface area contributed by atoms with Crippen LogP contribution in [0.4, 0.5) is 0 Å². The number of nitriles is 1. The van der Waals surface area contributed by atoms with Crippen LogP contribution in [0.1, 0.15) is 25.5 Å². The highest BCUT2D eigenvalue weighted by Crippen LogP contribution is 2.19. The molecule has 3 nitrogen and oxygen atoms in total. The lowest BCUT2D eigenvalue weighted by Crippen LogP contribution is -2.08. The minimum absolute atomic E-state index is 0.473. The lowest BCUT2D eigenvalue weighted by molar-refractivity contribution is 0.198. The van der Waals surface area contributed by atoms with Gasteiger partial charge in [0.2, 0.25) is 0 Å². The van der Waals surface area contributed by atoms with E-state index in [9.17, 15) is 5.11 Å². The number of aliphatic hydroxyl groups is 1. The Hall–Kier alpha value is -1.53. The van der Waals surface area contributed by atoms with Crippen LogP contribution < -0.4 is 4.74 Å². The van der Waals surface area contributed by atoms with Gasteiger partial charge in [-0.25, -0.2) is 0 Å². The summed E-state index contributed by atoms with van der Waals surface area (Å²) in [6.45, 7) is 3.36. The summed E-state index contributed by atoms with van der Waals surface area (Å²) in [5.41, 5.74) is 0.785. The van der Waals surface area contributed by atoms with Gasteiger partial charge in [-0.3, -0.25) is 0 Å². The molecule has 0 fully saturated rings. The molecule has 3 heteroatoms. The Balaban J connectivity index is 2.79. The Bertz CT molecular complexity index is 341. The second kappa shape index (κ2) is 4.64. The number of ether oxygens (including phenoxy) is 1. The molecule has 0 heterocycles. The van der Waals surface area contributed by atoms with Gasteiger partial charge in [0.1, 0.15) is 11.8 Å². The van der Waals surface area contributed by atoms with Gasteiger partial charge in [0.15, 0.2) is 6.10 Å². The first-order valence-electron chi connectivity index (χ1n) is 4.48. The van der Waals surface area contributed by atoms with Crippen molar-refractivity contribution in [1.29, 1.82) is 5.26 Å². The fraction of sp³-hybridized carbons (Fsp3) is 0.364. The summed E-state index contributed by atoms with van der Waals surface area (Å²) in [4.78, 5) is 0. The molecular weight excluding hydrogens is 178 g/mol. The SMILES string of the molecule is CC(C#N)Oc1cccc([C@H](C)O)c1. The fourth-order valence-electron chi connectivity index (χ4n) is 1.08. The summed E-state index contributed by atoms with van der Waals surface area (Å²) in [6.07, 6.45) is -0.991. The molecule has 0 aliphatic rings. The highest BCUT2D eigenvalue weighted by atomic mass is 16.5.